The summed E-state index contributed by atoms with van der Waals surface area (Å²) in [6.45, 7) is 1.74. The van der Waals surface area contributed by atoms with E-state index in [1.165, 1.54) is 26.7 Å². The van der Waals surface area contributed by atoms with Gasteiger partial charge in [0.1, 0.15) is 5.75 Å². The number of carbonyl (C=O) groups excluding carboxylic acids is 3. The number of aromatic nitrogens is 1. The number of esters is 1. The van der Waals surface area contributed by atoms with E-state index in [0.29, 0.717) is 28.3 Å². The number of nitrogens with one attached hydrogen (secondary N) is 2. The van der Waals surface area contributed by atoms with E-state index in [9.17, 15) is 14.4 Å². The first-order valence-electron chi connectivity index (χ1n) is 9.28. The number of para-hydroxylation sites is 1. The van der Waals surface area contributed by atoms with Crippen LogP contribution in [0.15, 0.2) is 53.3 Å². The minimum Gasteiger partial charge on any atom is -0.496 e. The summed E-state index contributed by atoms with van der Waals surface area (Å²) in [7, 11) is 2.73. The summed E-state index contributed by atoms with van der Waals surface area (Å²) in [5.74, 6) is -0.912. The van der Waals surface area contributed by atoms with Crippen LogP contribution in [0.3, 0.4) is 0 Å². The molecule has 1 heterocycles. The second kappa shape index (κ2) is 9.57. The lowest BCUT2D eigenvalue weighted by molar-refractivity contribution is 0.0600. The van der Waals surface area contributed by atoms with E-state index in [2.05, 4.69) is 15.6 Å². The van der Waals surface area contributed by atoms with Crippen molar-refractivity contribution in [1.29, 1.82) is 0 Å². The first kappa shape index (κ1) is 21.6. The Hall–Kier alpha value is -4.14. The Bertz CT molecular complexity index is 1120. The van der Waals surface area contributed by atoms with Gasteiger partial charge in [-0.15, -0.1) is 0 Å². The average Bonchev–Trinajstić information content (AvgIpc) is 3.22. The maximum atomic E-state index is 12.7. The summed E-state index contributed by atoms with van der Waals surface area (Å²) in [5.41, 5.74) is 1.96. The number of nitrogens with zero attached hydrogens (tertiary/aromatic N) is 1. The van der Waals surface area contributed by atoms with E-state index in [1.807, 2.05) is 0 Å². The van der Waals surface area contributed by atoms with Gasteiger partial charge in [-0.1, -0.05) is 12.1 Å². The SMILES string of the molecule is COC(=O)c1cc(CNC(=O)c2ocnc2C)cc(NC(=O)c2ccccc2OC)c1. The molecule has 160 valence electrons. The number of rotatable bonds is 7. The second-order valence-electron chi connectivity index (χ2n) is 6.51. The fourth-order valence-electron chi connectivity index (χ4n) is 2.92. The molecule has 0 aliphatic rings. The number of hydrogen-bond acceptors (Lipinski definition) is 7. The summed E-state index contributed by atoms with van der Waals surface area (Å²) in [6, 6.07) is 11.5. The molecule has 0 aliphatic heterocycles. The lowest BCUT2D eigenvalue weighted by Gasteiger charge is -2.12. The first-order chi connectivity index (χ1) is 14.9. The number of oxazole rings is 1. The highest BCUT2D eigenvalue weighted by Gasteiger charge is 2.16. The third-order valence-corrected chi connectivity index (χ3v) is 4.43. The highest BCUT2D eigenvalue weighted by Crippen LogP contribution is 2.21. The Morgan fingerprint density at radius 2 is 1.84 bits per heavy atom. The molecule has 3 rings (SSSR count). The summed E-state index contributed by atoms with van der Waals surface area (Å²) >= 11 is 0. The summed E-state index contributed by atoms with van der Waals surface area (Å²) in [6.07, 6.45) is 1.19. The van der Waals surface area contributed by atoms with Crippen molar-refractivity contribution >= 4 is 23.5 Å². The zero-order valence-electron chi connectivity index (χ0n) is 17.2. The highest BCUT2D eigenvalue weighted by atomic mass is 16.5. The monoisotopic (exact) mass is 423 g/mol. The van der Waals surface area contributed by atoms with Crippen molar-refractivity contribution < 1.29 is 28.3 Å². The van der Waals surface area contributed by atoms with Crippen LogP contribution in [0, 0.1) is 6.92 Å². The molecule has 9 heteroatoms. The molecule has 2 amide bonds. The number of anilines is 1. The number of carbonyl (C=O) groups is 3. The molecule has 31 heavy (non-hydrogen) atoms. The van der Waals surface area contributed by atoms with Crippen LogP contribution >= 0.6 is 0 Å². The van der Waals surface area contributed by atoms with Gasteiger partial charge in [-0.25, -0.2) is 9.78 Å². The van der Waals surface area contributed by atoms with Gasteiger partial charge >= 0.3 is 5.97 Å². The topological polar surface area (TPSA) is 120 Å². The van der Waals surface area contributed by atoms with Gasteiger partial charge in [-0.2, -0.15) is 0 Å². The van der Waals surface area contributed by atoms with Crippen molar-refractivity contribution in [2.75, 3.05) is 19.5 Å². The predicted octanol–water partition coefficient (Wildman–Crippen LogP) is 2.96. The number of aryl methyl sites for hydroxylation is 1. The molecule has 0 spiro atoms. The minimum atomic E-state index is -0.577. The Kier molecular flexibility index (Phi) is 6.66. The molecule has 0 saturated heterocycles. The zero-order valence-corrected chi connectivity index (χ0v) is 17.2. The zero-order chi connectivity index (χ0) is 22.4. The van der Waals surface area contributed by atoms with Crippen molar-refractivity contribution in [3.05, 3.63) is 77.0 Å². The van der Waals surface area contributed by atoms with Crippen LogP contribution in [0.1, 0.15) is 42.5 Å². The van der Waals surface area contributed by atoms with Crippen molar-refractivity contribution in [3.63, 3.8) is 0 Å². The van der Waals surface area contributed by atoms with E-state index >= 15 is 0 Å². The molecule has 0 atom stereocenters. The summed E-state index contributed by atoms with van der Waals surface area (Å²) < 4.78 is 15.1. The maximum absolute atomic E-state index is 12.7. The quantitative estimate of drug-likeness (QED) is 0.561. The first-order valence-corrected chi connectivity index (χ1v) is 9.28. The van der Waals surface area contributed by atoms with E-state index in [-0.39, 0.29) is 17.9 Å². The van der Waals surface area contributed by atoms with E-state index in [1.54, 1.807) is 43.3 Å². The van der Waals surface area contributed by atoms with Gasteiger partial charge in [0, 0.05) is 12.2 Å². The average molecular weight is 423 g/mol. The van der Waals surface area contributed by atoms with Crippen molar-refractivity contribution in [1.82, 2.24) is 10.3 Å². The number of hydrogen-bond donors (Lipinski definition) is 2. The number of amides is 2. The lowest BCUT2D eigenvalue weighted by Crippen LogP contribution is -2.23. The van der Waals surface area contributed by atoms with Crippen LogP contribution in [0.4, 0.5) is 5.69 Å². The van der Waals surface area contributed by atoms with Crippen LogP contribution in [0.25, 0.3) is 0 Å². The molecule has 0 aliphatic carbocycles. The predicted molar refractivity (Wildman–Crippen MR) is 111 cm³/mol. The highest BCUT2D eigenvalue weighted by molar-refractivity contribution is 6.06. The van der Waals surface area contributed by atoms with Crippen LogP contribution in [0.5, 0.6) is 5.75 Å². The van der Waals surface area contributed by atoms with Crippen molar-refractivity contribution in [2.24, 2.45) is 0 Å². The molecule has 9 nitrogen and oxygen atoms in total. The largest absolute Gasteiger partial charge is 0.496 e. The van der Waals surface area contributed by atoms with E-state index < -0.39 is 17.8 Å². The number of benzene rings is 2. The van der Waals surface area contributed by atoms with Gasteiger partial charge in [0.15, 0.2) is 6.39 Å². The van der Waals surface area contributed by atoms with Crippen molar-refractivity contribution in [2.45, 2.75) is 13.5 Å². The van der Waals surface area contributed by atoms with Crippen molar-refractivity contribution in [3.8, 4) is 5.75 Å². The van der Waals surface area contributed by atoms with Gasteiger partial charge in [-0.3, -0.25) is 9.59 Å². The summed E-state index contributed by atoms with van der Waals surface area (Å²) in [4.78, 5) is 41.0. The third-order valence-electron chi connectivity index (χ3n) is 4.43. The summed E-state index contributed by atoms with van der Waals surface area (Å²) in [5, 5.41) is 5.45. The van der Waals surface area contributed by atoms with Gasteiger partial charge in [0.25, 0.3) is 11.8 Å². The Morgan fingerprint density at radius 1 is 1.06 bits per heavy atom. The molecule has 2 N–H and O–H groups in total. The Morgan fingerprint density at radius 3 is 2.52 bits per heavy atom. The van der Waals surface area contributed by atoms with Gasteiger partial charge < -0.3 is 24.5 Å². The molecule has 3 aromatic rings. The molecular weight excluding hydrogens is 402 g/mol. The Balaban J connectivity index is 1.83. The van der Waals surface area contributed by atoms with Gasteiger partial charge in [0.2, 0.25) is 5.76 Å². The van der Waals surface area contributed by atoms with Gasteiger partial charge in [0.05, 0.1) is 31.0 Å². The minimum absolute atomic E-state index is 0.0847. The van der Waals surface area contributed by atoms with Crippen LogP contribution < -0.4 is 15.4 Å². The number of ether oxygens (including phenoxy) is 2. The van der Waals surface area contributed by atoms with E-state index in [0.717, 1.165) is 0 Å². The molecule has 0 unspecified atom stereocenters. The second-order valence-corrected chi connectivity index (χ2v) is 6.51. The van der Waals surface area contributed by atoms with E-state index in [4.69, 9.17) is 13.9 Å². The third kappa shape index (κ3) is 5.08. The molecule has 0 bridgehead atoms. The molecule has 2 aromatic carbocycles. The fourth-order valence-corrected chi connectivity index (χ4v) is 2.92. The number of methoxy groups -OCH3 is 2. The molecule has 1 aromatic heterocycles. The van der Waals surface area contributed by atoms with Crippen LogP contribution in [0.2, 0.25) is 0 Å². The normalized spacial score (nSPS) is 10.3. The Labute approximate surface area is 178 Å². The fraction of sp³-hybridized carbons (Fsp3) is 0.182. The molecule has 0 saturated carbocycles. The maximum Gasteiger partial charge on any atom is 0.337 e. The molecular formula is C22H21N3O6. The molecule has 0 fully saturated rings. The van der Waals surface area contributed by atoms with Gasteiger partial charge in [-0.05, 0) is 42.8 Å². The smallest absolute Gasteiger partial charge is 0.337 e. The lowest BCUT2D eigenvalue weighted by atomic mass is 10.1. The standard InChI is InChI=1S/C22H21N3O6/c1-13-19(31-12-24-13)21(27)23-11-14-8-15(22(28)30-3)10-16(9-14)25-20(26)17-6-4-5-7-18(17)29-2/h4-10,12H,11H2,1-3H3,(H,23,27)(H,25,26). The molecule has 0 radical (unpaired) electrons. The van der Waals surface area contributed by atoms with Crippen LogP contribution in [-0.4, -0.2) is 37.0 Å². The van der Waals surface area contributed by atoms with Crippen LogP contribution in [-0.2, 0) is 11.3 Å².